The molecule has 4 rings (SSSR count). The molecule has 0 bridgehead atoms. The van der Waals surface area contributed by atoms with Crippen molar-refractivity contribution in [2.45, 2.75) is 12.5 Å². The first-order chi connectivity index (χ1) is 13.3. The number of aromatic hydroxyl groups is 1. The van der Waals surface area contributed by atoms with E-state index in [1.54, 1.807) is 18.2 Å². The summed E-state index contributed by atoms with van der Waals surface area (Å²) >= 11 is 0. The number of carbonyl (C=O) groups excluding carboxylic acids is 2. The first kappa shape index (κ1) is 18.1. The van der Waals surface area contributed by atoms with E-state index >= 15 is 0 Å². The molecule has 3 N–H and O–H groups in total. The van der Waals surface area contributed by atoms with E-state index in [2.05, 4.69) is 5.32 Å². The Morgan fingerprint density at radius 2 is 1.93 bits per heavy atom. The minimum atomic E-state index is -3.99. The van der Waals surface area contributed by atoms with Gasteiger partial charge in [0, 0.05) is 5.56 Å². The van der Waals surface area contributed by atoms with E-state index in [1.807, 2.05) is 29.0 Å². The Morgan fingerprint density at radius 1 is 1.14 bits per heavy atom. The highest BCUT2D eigenvalue weighted by Gasteiger charge is 2.35. The fourth-order valence-corrected chi connectivity index (χ4v) is 4.47. The first-order valence-electron chi connectivity index (χ1n) is 8.57. The van der Waals surface area contributed by atoms with E-state index in [4.69, 9.17) is 0 Å². The molecule has 2 aliphatic rings. The van der Waals surface area contributed by atoms with Crippen molar-refractivity contribution < 1.29 is 23.1 Å². The Hall–Kier alpha value is -3.33. The van der Waals surface area contributed by atoms with Crippen LogP contribution >= 0.6 is 0 Å². The second-order valence-electron chi connectivity index (χ2n) is 6.59. The van der Waals surface area contributed by atoms with Crippen LogP contribution in [-0.2, 0) is 21.4 Å². The summed E-state index contributed by atoms with van der Waals surface area (Å²) in [5.41, 5.74) is 2.15. The maximum absolute atomic E-state index is 12.4. The van der Waals surface area contributed by atoms with Crippen molar-refractivity contribution in [3.63, 3.8) is 0 Å². The highest BCUT2D eigenvalue weighted by molar-refractivity contribution is 7.92. The van der Waals surface area contributed by atoms with E-state index in [0.29, 0.717) is 17.5 Å². The van der Waals surface area contributed by atoms with Gasteiger partial charge in [-0.05, 0) is 35.7 Å². The summed E-state index contributed by atoms with van der Waals surface area (Å²) in [6.07, 6.45) is 4.16. The van der Waals surface area contributed by atoms with Gasteiger partial charge in [0.1, 0.15) is 12.3 Å². The number of phenolic OH excluding ortho intramolecular Hbond substituents is 1. The molecule has 1 fully saturated rings. The van der Waals surface area contributed by atoms with Crippen LogP contribution in [0.25, 0.3) is 6.08 Å². The summed E-state index contributed by atoms with van der Waals surface area (Å²) in [5.74, 6) is -1.10. The quantitative estimate of drug-likeness (QED) is 0.710. The molecule has 2 aromatic rings. The van der Waals surface area contributed by atoms with Crippen LogP contribution in [-0.4, -0.2) is 37.9 Å². The van der Waals surface area contributed by atoms with Crippen molar-refractivity contribution in [2.24, 2.45) is 0 Å². The first-order valence-corrected chi connectivity index (χ1v) is 10.0. The van der Waals surface area contributed by atoms with Crippen molar-refractivity contribution in [3.05, 3.63) is 65.2 Å². The minimum absolute atomic E-state index is 0.0231. The molecule has 1 saturated heterocycles. The predicted molar refractivity (Wildman–Crippen MR) is 103 cm³/mol. The Labute approximate surface area is 161 Å². The lowest BCUT2D eigenvalue weighted by molar-refractivity contribution is -0.117. The molecular weight excluding hydrogens is 382 g/mol. The number of hydrogen-bond donors (Lipinski definition) is 3. The number of anilines is 1. The Morgan fingerprint density at radius 3 is 2.64 bits per heavy atom. The van der Waals surface area contributed by atoms with Crippen molar-refractivity contribution in [1.82, 2.24) is 10.0 Å². The maximum atomic E-state index is 12.4. The van der Waals surface area contributed by atoms with Crippen molar-refractivity contribution in [2.75, 3.05) is 10.8 Å². The number of amides is 2. The molecule has 0 saturated carbocycles. The average Bonchev–Trinajstić information content (AvgIpc) is 2.81. The normalized spacial score (nSPS) is 20.3. The van der Waals surface area contributed by atoms with Crippen molar-refractivity contribution in [1.29, 1.82) is 0 Å². The molecular formula is C19H17N3O5S. The lowest BCUT2D eigenvalue weighted by Gasteiger charge is -2.18. The zero-order valence-electron chi connectivity index (χ0n) is 14.6. The number of hydrogen-bond acceptors (Lipinski definition) is 5. The average molecular weight is 399 g/mol. The second kappa shape index (κ2) is 6.68. The van der Waals surface area contributed by atoms with Gasteiger partial charge in [-0.25, -0.2) is 9.03 Å². The second-order valence-corrected chi connectivity index (χ2v) is 8.19. The largest absolute Gasteiger partial charge is 0.506 e. The molecule has 2 amide bonds. The van der Waals surface area contributed by atoms with Crippen LogP contribution in [0.15, 0.2) is 48.5 Å². The molecule has 0 spiro atoms. The highest BCUT2D eigenvalue weighted by atomic mass is 32.2. The summed E-state index contributed by atoms with van der Waals surface area (Å²) in [7, 11) is -3.99. The van der Waals surface area contributed by atoms with Crippen molar-refractivity contribution >= 4 is 33.8 Å². The van der Waals surface area contributed by atoms with E-state index in [-0.39, 0.29) is 29.9 Å². The molecule has 28 heavy (non-hydrogen) atoms. The third-order valence-electron chi connectivity index (χ3n) is 4.61. The van der Waals surface area contributed by atoms with Crippen LogP contribution < -0.4 is 14.3 Å². The molecule has 8 nitrogen and oxygen atoms in total. The lowest BCUT2D eigenvalue weighted by atomic mass is 10.0. The topological polar surface area (TPSA) is 116 Å². The monoisotopic (exact) mass is 399 g/mol. The minimum Gasteiger partial charge on any atom is -0.506 e. The van der Waals surface area contributed by atoms with Crippen LogP contribution in [0, 0.1) is 0 Å². The van der Waals surface area contributed by atoms with Crippen LogP contribution in [0.2, 0.25) is 0 Å². The Bertz CT molecular complexity index is 1110. The lowest BCUT2D eigenvalue weighted by Crippen LogP contribution is -2.34. The van der Waals surface area contributed by atoms with Crippen molar-refractivity contribution in [3.8, 4) is 5.75 Å². The van der Waals surface area contributed by atoms with Gasteiger partial charge >= 0.3 is 10.2 Å². The van der Waals surface area contributed by atoms with Crippen LogP contribution in [0.4, 0.5) is 5.69 Å². The van der Waals surface area contributed by atoms with E-state index in [1.165, 1.54) is 12.1 Å². The van der Waals surface area contributed by atoms with Crippen LogP contribution in [0.5, 0.6) is 5.75 Å². The van der Waals surface area contributed by atoms with E-state index < -0.39 is 16.1 Å². The van der Waals surface area contributed by atoms with E-state index in [0.717, 1.165) is 9.87 Å². The van der Waals surface area contributed by atoms with Gasteiger partial charge in [-0.2, -0.15) is 8.42 Å². The molecule has 2 heterocycles. The number of phenols is 1. The number of nitrogens with zero attached hydrogens (tertiary/aromatic N) is 1. The summed E-state index contributed by atoms with van der Waals surface area (Å²) < 4.78 is 26.5. The van der Waals surface area contributed by atoms with Gasteiger partial charge in [0.15, 0.2) is 0 Å². The van der Waals surface area contributed by atoms with Gasteiger partial charge in [0.05, 0.1) is 11.7 Å². The molecule has 2 aromatic carbocycles. The van der Waals surface area contributed by atoms with Crippen LogP contribution in [0.1, 0.15) is 21.5 Å². The number of nitrogens with one attached hydrogen (secondary N) is 2. The number of carbonyl (C=O) groups is 2. The summed E-state index contributed by atoms with van der Waals surface area (Å²) in [4.78, 5) is 23.8. The van der Waals surface area contributed by atoms with Gasteiger partial charge in [-0.3, -0.25) is 9.59 Å². The van der Waals surface area contributed by atoms with Gasteiger partial charge in [-0.15, -0.1) is 0 Å². The SMILES string of the molecule is O=C1CN(c2ccc(CC3C=Cc4ccccc4C(=O)N3)cc2O)S(=O)(=O)N1. The molecule has 0 aliphatic carbocycles. The third-order valence-corrected chi connectivity index (χ3v) is 6.01. The molecule has 2 aliphatic heterocycles. The standard InChI is InChI=1S/C19H17N3O5S/c23-17-10-12(5-8-16(17)22-11-18(24)21-28(22,26)27)9-14-7-6-13-3-1-2-4-15(13)19(25)20-14/h1-8,10,14,23H,9,11H2,(H,20,25)(H,21,24). The third kappa shape index (κ3) is 3.31. The molecule has 144 valence electrons. The Kier molecular flexibility index (Phi) is 4.31. The fourth-order valence-electron chi connectivity index (χ4n) is 3.30. The molecule has 9 heteroatoms. The zero-order valence-corrected chi connectivity index (χ0v) is 15.4. The van der Waals surface area contributed by atoms with Gasteiger partial charge in [0.2, 0.25) is 0 Å². The van der Waals surface area contributed by atoms with Gasteiger partial charge in [-0.1, -0.05) is 36.4 Å². The van der Waals surface area contributed by atoms with Crippen LogP contribution in [0.3, 0.4) is 0 Å². The molecule has 0 aromatic heterocycles. The molecule has 0 radical (unpaired) electrons. The predicted octanol–water partition coefficient (Wildman–Crippen LogP) is 0.941. The number of rotatable bonds is 3. The fraction of sp³-hybridized carbons (Fsp3) is 0.158. The molecule has 1 unspecified atom stereocenters. The zero-order chi connectivity index (χ0) is 19.9. The molecule has 1 atom stereocenters. The summed E-state index contributed by atoms with van der Waals surface area (Å²) in [5, 5.41) is 13.2. The number of benzene rings is 2. The smallest absolute Gasteiger partial charge is 0.326 e. The highest BCUT2D eigenvalue weighted by Crippen LogP contribution is 2.31. The number of fused-ring (bicyclic) bond motifs is 1. The van der Waals surface area contributed by atoms with E-state index in [9.17, 15) is 23.1 Å². The van der Waals surface area contributed by atoms with Gasteiger partial charge in [0.25, 0.3) is 11.8 Å². The van der Waals surface area contributed by atoms with Gasteiger partial charge < -0.3 is 10.4 Å². The summed E-state index contributed by atoms with van der Waals surface area (Å²) in [6, 6.07) is 11.5. The maximum Gasteiger partial charge on any atom is 0.326 e. The summed E-state index contributed by atoms with van der Waals surface area (Å²) in [6.45, 7) is -0.380. The Balaban J connectivity index is 1.55.